The molecular weight excluding hydrogens is 206 g/mol. The molecule has 0 spiro atoms. The number of nitrogens with one attached hydrogen (secondary N) is 1. The summed E-state index contributed by atoms with van der Waals surface area (Å²) in [4.78, 5) is 12.8. The van der Waals surface area contributed by atoms with Crippen LogP contribution in [-0.4, -0.2) is 5.91 Å². The second-order valence-electron chi connectivity index (χ2n) is 3.59. The summed E-state index contributed by atoms with van der Waals surface area (Å²) in [7, 11) is 0. The summed E-state index contributed by atoms with van der Waals surface area (Å²) in [6.45, 7) is 1.68. The molecule has 0 unspecified atom stereocenters. The number of aryl methyl sites for hydroxylation is 1. The molecule has 0 radical (unpaired) electrons. The fraction of sp³-hybridized carbons (Fsp3) is 0.417. The SMILES string of the molecule is CC#CC(=O)N[C@H]1CCCc2sccc21. The lowest BCUT2D eigenvalue weighted by molar-refractivity contribution is -0.116. The fourth-order valence-electron chi connectivity index (χ4n) is 1.94. The molecule has 1 aliphatic rings. The van der Waals surface area contributed by atoms with E-state index in [2.05, 4.69) is 28.6 Å². The first-order valence-corrected chi connectivity index (χ1v) is 5.98. The molecule has 0 aliphatic heterocycles. The number of carbonyl (C=O) groups excluding carboxylic acids is 1. The van der Waals surface area contributed by atoms with E-state index in [9.17, 15) is 4.79 Å². The number of thiophene rings is 1. The van der Waals surface area contributed by atoms with Crippen LogP contribution >= 0.6 is 11.3 Å². The number of amides is 1. The summed E-state index contributed by atoms with van der Waals surface area (Å²) < 4.78 is 0. The van der Waals surface area contributed by atoms with E-state index in [4.69, 9.17) is 0 Å². The smallest absolute Gasteiger partial charge is 0.296 e. The highest BCUT2D eigenvalue weighted by molar-refractivity contribution is 7.10. The number of rotatable bonds is 1. The van der Waals surface area contributed by atoms with Crippen molar-refractivity contribution in [2.45, 2.75) is 32.2 Å². The van der Waals surface area contributed by atoms with Gasteiger partial charge in [0.1, 0.15) is 0 Å². The zero-order chi connectivity index (χ0) is 10.7. The van der Waals surface area contributed by atoms with Crippen molar-refractivity contribution < 1.29 is 4.79 Å². The molecule has 3 heteroatoms. The van der Waals surface area contributed by atoms with Gasteiger partial charge in [-0.2, -0.15) is 0 Å². The molecule has 0 aromatic carbocycles. The second kappa shape index (κ2) is 4.50. The lowest BCUT2D eigenvalue weighted by Crippen LogP contribution is -2.29. The van der Waals surface area contributed by atoms with E-state index < -0.39 is 0 Å². The van der Waals surface area contributed by atoms with Crippen molar-refractivity contribution in [1.29, 1.82) is 0 Å². The molecule has 78 valence electrons. The highest BCUT2D eigenvalue weighted by Crippen LogP contribution is 2.32. The summed E-state index contributed by atoms with van der Waals surface area (Å²) >= 11 is 1.78. The average molecular weight is 219 g/mol. The van der Waals surface area contributed by atoms with Crippen molar-refractivity contribution >= 4 is 17.2 Å². The molecule has 15 heavy (non-hydrogen) atoms. The molecule has 0 saturated carbocycles. The molecule has 1 aromatic rings. The van der Waals surface area contributed by atoms with E-state index in [1.54, 1.807) is 18.3 Å². The molecule has 0 bridgehead atoms. The quantitative estimate of drug-likeness (QED) is 0.721. The van der Waals surface area contributed by atoms with Crippen LogP contribution in [0.15, 0.2) is 11.4 Å². The normalized spacial score (nSPS) is 18.6. The van der Waals surface area contributed by atoms with Crippen LogP contribution in [0.25, 0.3) is 0 Å². The lowest BCUT2D eigenvalue weighted by atomic mass is 9.94. The van der Waals surface area contributed by atoms with Crippen LogP contribution in [0, 0.1) is 11.8 Å². The second-order valence-corrected chi connectivity index (χ2v) is 4.59. The van der Waals surface area contributed by atoms with E-state index in [-0.39, 0.29) is 11.9 Å². The van der Waals surface area contributed by atoms with Crippen LogP contribution < -0.4 is 5.32 Å². The first-order chi connectivity index (χ1) is 7.31. The third kappa shape index (κ3) is 2.21. The summed E-state index contributed by atoms with van der Waals surface area (Å²) in [6.07, 6.45) is 3.33. The lowest BCUT2D eigenvalue weighted by Gasteiger charge is -2.22. The Balaban J connectivity index is 2.12. The van der Waals surface area contributed by atoms with Gasteiger partial charge in [0, 0.05) is 4.88 Å². The van der Waals surface area contributed by atoms with Crippen molar-refractivity contribution in [2.75, 3.05) is 0 Å². The third-order valence-electron chi connectivity index (χ3n) is 2.60. The molecule has 1 N–H and O–H groups in total. The maximum absolute atomic E-state index is 11.4. The van der Waals surface area contributed by atoms with Gasteiger partial charge in [-0.3, -0.25) is 4.79 Å². The molecule has 1 atom stereocenters. The van der Waals surface area contributed by atoms with Gasteiger partial charge in [0.25, 0.3) is 5.91 Å². The standard InChI is InChI=1S/C12H13NOS/c1-2-4-12(14)13-10-5-3-6-11-9(10)7-8-15-11/h7-8,10H,3,5-6H2,1H3,(H,13,14)/t10-/m0/s1. The topological polar surface area (TPSA) is 29.1 Å². The molecule has 2 nitrogen and oxygen atoms in total. The third-order valence-corrected chi connectivity index (χ3v) is 3.59. The Morgan fingerprint density at radius 3 is 3.33 bits per heavy atom. The van der Waals surface area contributed by atoms with Gasteiger partial charge in [-0.15, -0.1) is 11.3 Å². The molecule has 1 aromatic heterocycles. The molecule has 1 aliphatic carbocycles. The van der Waals surface area contributed by atoms with Crippen molar-refractivity contribution in [3.8, 4) is 11.8 Å². The van der Waals surface area contributed by atoms with Crippen LogP contribution in [0.4, 0.5) is 0 Å². The zero-order valence-electron chi connectivity index (χ0n) is 8.67. The van der Waals surface area contributed by atoms with E-state index >= 15 is 0 Å². The van der Waals surface area contributed by atoms with Crippen molar-refractivity contribution in [3.63, 3.8) is 0 Å². The Morgan fingerprint density at radius 2 is 2.53 bits per heavy atom. The zero-order valence-corrected chi connectivity index (χ0v) is 9.49. The molecule has 1 amide bonds. The van der Waals surface area contributed by atoms with Crippen LogP contribution in [0.1, 0.15) is 36.2 Å². The van der Waals surface area contributed by atoms with E-state index in [1.165, 1.54) is 10.4 Å². The molecule has 1 heterocycles. The molecule has 0 saturated heterocycles. The van der Waals surface area contributed by atoms with Gasteiger partial charge in [0.2, 0.25) is 0 Å². The van der Waals surface area contributed by atoms with Gasteiger partial charge >= 0.3 is 0 Å². The van der Waals surface area contributed by atoms with E-state index in [0.29, 0.717) is 0 Å². The highest BCUT2D eigenvalue weighted by Gasteiger charge is 2.21. The summed E-state index contributed by atoms with van der Waals surface area (Å²) in [6, 6.07) is 2.29. The predicted octanol–water partition coefficient (Wildman–Crippen LogP) is 2.27. The van der Waals surface area contributed by atoms with Crippen molar-refractivity contribution in [2.24, 2.45) is 0 Å². The first kappa shape index (κ1) is 10.3. The summed E-state index contributed by atoms with van der Waals surface area (Å²) in [5, 5.41) is 5.05. The fourth-order valence-corrected chi connectivity index (χ4v) is 2.93. The van der Waals surface area contributed by atoms with Crippen LogP contribution in [0.5, 0.6) is 0 Å². The Labute approximate surface area is 93.7 Å². The number of carbonyl (C=O) groups is 1. The monoisotopic (exact) mass is 219 g/mol. The van der Waals surface area contributed by atoms with Gasteiger partial charge in [-0.25, -0.2) is 0 Å². The predicted molar refractivity (Wildman–Crippen MR) is 61.6 cm³/mol. The highest BCUT2D eigenvalue weighted by atomic mass is 32.1. The Morgan fingerprint density at radius 1 is 1.67 bits per heavy atom. The molecule has 0 fully saturated rings. The number of fused-ring (bicyclic) bond motifs is 1. The minimum absolute atomic E-state index is 0.165. The first-order valence-electron chi connectivity index (χ1n) is 5.11. The molecular formula is C12H13NOS. The van der Waals surface area contributed by atoms with Gasteiger partial charge in [0.05, 0.1) is 6.04 Å². The van der Waals surface area contributed by atoms with E-state index in [1.807, 2.05) is 0 Å². The summed E-state index contributed by atoms with van der Waals surface area (Å²) in [5.74, 6) is 4.97. The van der Waals surface area contributed by atoms with Gasteiger partial charge in [0.15, 0.2) is 0 Å². The van der Waals surface area contributed by atoms with Gasteiger partial charge in [-0.1, -0.05) is 5.92 Å². The maximum atomic E-state index is 11.4. The molecule has 2 rings (SSSR count). The number of hydrogen-bond acceptors (Lipinski definition) is 2. The van der Waals surface area contributed by atoms with Gasteiger partial charge < -0.3 is 5.32 Å². The summed E-state index contributed by atoms with van der Waals surface area (Å²) in [5.41, 5.74) is 1.29. The van der Waals surface area contributed by atoms with Crippen molar-refractivity contribution in [1.82, 2.24) is 5.32 Å². The largest absolute Gasteiger partial charge is 0.338 e. The van der Waals surface area contributed by atoms with Crippen LogP contribution in [0.3, 0.4) is 0 Å². The average Bonchev–Trinajstić information content (AvgIpc) is 2.67. The number of hydrogen-bond donors (Lipinski definition) is 1. The van der Waals surface area contributed by atoms with Crippen LogP contribution in [0.2, 0.25) is 0 Å². The van der Waals surface area contributed by atoms with E-state index in [0.717, 1.165) is 19.3 Å². The Kier molecular flexibility index (Phi) is 3.08. The minimum atomic E-state index is -0.165. The maximum Gasteiger partial charge on any atom is 0.296 e. The van der Waals surface area contributed by atoms with Crippen molar-refractivity contribution in [3.05, 3.63) is 21.9 Å². The Bertz CT molecular complexity index is 424. The van der Waals surface area contributed by atoms with Gasteiger partial charge in [-0.05, 0) is 49.1 Å². The minimum Gasteiger partial charge on any atom is -0.338 e. The Hall–Kier alpha value is -1.27. The van der Waals surface area contributed by atoms with Crippen LogP contribution in [-0.2, 0) is 11.2 Å².